The number of hydrogen-bond donors (Lipinski definition) is 1. The van der Waals surface area contributed by atoms with E-state index in [2.05, 4.69) is 0 Å². The van der Waals surface area contributed by atoms with Crippen LogP contribution in [-0.4, -0.2) is 38.9 Å². The average Bonchev–Trinajstić information content (AvgIpc) is 2.36. The summed E-state index contributed by atoms with van der Waals surface area (Å²) >= 11 is 0. The minimum atomic E-state index is -0.595. The van der Waals surface area contributed by atoms with Gasteiger partial charge in [-0.3, -0.25) is 0 Å². The monoisotopic (exact) mass is 261 g/mol. The van der Waals surface area contributed by atoms with Crippen molar-refractivity contribution in [1.82, 2.24) is 0 Å². The molecule has 0 aliphatic carbocycles. The highest BCUT2D eigenvalue weighted by Crippen LogP contribution is 2.12. The minimum absolute atomic E-state index is 0.0294. The number of carbonyl (C=O) groups is 1. The van der Waals surface area contributed by atoms with Crippen LogP contribution < -0.4 is 5.73 Å². The Labute approximate surface area is 108 Å². The molecule has 0 spiro atoms. The molecule has 6 heteroatoms. The molecular formula is C12H23NO5. The van der Waals surface area contributed by atoms with Gasteiger partial charge in [0.1, 0.15) is 0 Å². The Morgan fingerprint density at radius 2 is 1.50 bits per heavy atom. The van der Waals surface area contributed by atoms with Crippen LogP contribution in [0.5, 0.6) is 0 Å². The van der Waals surface area contributed by atoms with Gasteiger partial charge in [-0.2, -0.15) is 0 Å². The Kier molecular flexibility index (Phi) is 9.86. The molecule has 18 heavy (non-hydrogen) atoms. The number of hydrogen-bond acceptors (Lipinski definition) is 6. The summed E-state index contributed by atoms with van der Waals surface area (Å²) in [6, 6.07) is 0. The zero-order chi connectivity index (χ0) is 13.8. The number of rotatable bonds is 10. The van der Waals surface area contributed by atoms with E-state index in [0.717, 1.165) is 0 Å². The summed E-state index contributed by atoms with van der Waals surface area (Å²) in [4.78, 5) is 11.8. The molecule has 0 amide bonds. The number of esters is 1. The molecule has 0 rings (SSSR count). The van der Waals surface area contributed by atoms with Gasteiger partial charge in [0.15, 0.2) is 0 Å². The first-order chi connectivity index (χ1) is 8.71. The Hall–Kier alpha value is -1.43. The third-order valence-electron chi connectivity index (χ3n) is 1.79. The third-order valence-corrected chi connectivity index (χ3v) is 1.79. The second kappa shape index (κ2) is 10.7. The van der Waals surface area contributed by atoms with Crippen molar-refractivity contribution < 1.29 is 23.7 Å². The van der Waals surface area contributed by atoms with Gasteiger partial charge in [0, 0.05) is 0 Å². The van der Waals surface area contributed by atoms with E-state index in [4.69, 9.17) is 24.7 Å². The zero-order valence-corrected chi connectivity index (χ0v) is 11.4. The molecule has 0 heterocycles. The second-order valence-electron chi connectivity index (χ2n) is 3.19. The largest absolute Gasteiger partial charge is 0.482 e. The van der Waals surface area contributed by atoms with Crippen molar-refractivity contribution in [2.75, 3.05) is 33.0 Å². The minimum Gasteiger partial charge on any atom is -0.482 e. The van der Waals surface area contributed by atoms with E-state index in [1.54, 1.807) is 20.8 Å². The van der Waals surface area contributed by atoms with Crippen molar-refractivity contribution in [3.8, 4) is 0 Å². The van der Waals surface area contributed by atoms with Crippen LogP contribution in [0.2, 0.25) is 0 Å². The van der Waals surface area contributed by atoms with Crippen LogP contribution in [0.3, 0.4) is 0 Å². The fraction of sp³-hybridized carbons (Fsp3) is 0.750. The SMILES string of the molecule is CCOC(OCC)=C(OCC)C(=O)OCCCN. The summed E-state index contributed by atoms with van der Waals surface area (Å²) in [7, 11) is 0. The molecule has 0 aromatic carbocycles. The van der Waals surface area contributed by atoms with E-state index in [1.165, 1.54) is 0 Å². The highest BCUT2D eigenvalue weighted by molar-refractivity contribution is 5.86. The topological polar surface area (TPSA) is 80.0 Å². The number of carbonyl (C=O) groups excluding carboxylic acids is 1. The first-order valence-electron chi connectivity index (χ1n) is 6.20. The van der Waals surface area contributed by atoms with Crippen LogP contribution in [-0.2, 0) is 23.7 Å². The maximum absolute atomic E-state index is 11.8. The number of ether oxygens (including phenoxy) is 4. The molecule has 0 unspecified atom stereocenters. The molecule has 0 aliphatic heterocycles. The molecule has 0 atom stereocenters. The Morgan fingerprint density at radius 1 is 0.944 bits per heavy atom. The van der Waals surface area contributed by atoms with E-state index in [9.17, 15) is 4.79 Å². The average molecular weight is 261 g/mol. The van der Waals surface area contributed by atoms with Gasteiger partial charge in [0.2, 0.25) is 0 Å². The van der Waals surface area contributed by atoms with Gasteiger partial charge in [0.25, 0.3) is 5.76 Å². The Bertz CT molecular complexity index is 257. The smallest absolute Gasteiger partial charge is 0.381 e. The molecule has 2 N–H and O–H groups in total. The van der Waals surface area contributed by atoms with E-state index in [-0.39, 0.29) is 18.3 Å². The zero-order valence-electron chi connectivity index (χ0n) is 11.4. The molecule has 0 aromatic rings. The van der Waals surface area contributed by atoms with Crippen LogP contribution in [0, 0.1) is 0 Å². The van der Waals surface area contributed by atoms with E-state index >= 15 is 0 Å². The maximum Gasteiger partial charge on any atom is 0.381 e. The quantitative estimate of drug-likeness (QED) is 0.275. The lowest BCUT2D eigenvalue weighted by Crippen LogP contribution is -2.17. The molecule has 6 nitrogen and oxygen atoms in total. The second-order valence-corrected chi connectivity index (χ2v) is 3.19. The van der Waals surface area contributed by atoms with Crippen molar-refractivity contribution in [1.29, 1.82) is 0 Å². The molecule has 0 fully saturated rings. The van der Waals surface area contributed by atoms with Crippen molar-refractivity contribution in [3.05, 3.63) is 11.7 Å². The highest BCUT2D eigenvalue weighted by atomic mass is 16.7. The fourth-order valence-electron chi connectivity index (χ4n) is 1.09. The third kappa shape index (κ3) is 6.34. The lowest BCUT2D eigenvalue weighted by atomic mass is 10.4. The summed E-state index contributed by atoms with van der Waals surface area (Å²) in [6.07, 6.45) is 0.601. The molecule has 0 aromatic heterocycles. The first kappa shape index (κ1) is 16.6. The summed E-state index contributed by atoms with van der Waals surface area (Å²) in [6.45, 7) is 7.14. The van der Waals surface area contributed by atoms with Gasteiger partial charge < -0.3 is 24.7 Å². The summed E-state index contributed by atoms with van der Waals surface area (Å²) in [5, 5.41) is 0. The van der Waals surface area contributed by atoms with Crippen LogP contribution >= 0.6 is 0 Å². The molecule has 0 saturated carbocycles. The van der Waals surface area contributed by atoms with Gasteiger partial charge in [-0.1, -0.05) is 0 Å². The first-order valence-corrected chi connectivity index (χ1v) is 6.20. The normalized spacial score (nSPS) is 9.56. The molecule has 106 valence electrons. The van der Waals surface area contributed by atoms with Gasteiger partial charge in [-0.25, -0.2) is 4.79 Å². The van der Waals surface area contributed by atoms with Crippen molar-refractivity contribution in [3.63, 3.8) is 0 Å². The van der Waals surface area contributed by atoms with Gasteiger partial charge >= 0.3 is 11.9 Å². The summed E-state index contributed by atoms with van der Waals surface area (Å²) in [5.41, 5.74) is 5.32. The van der Waals surface area contributed by atoms with Crippen molar-refractivity contribution in [2.24, 2.45) is 5.73 Å². The highest BCUT2D eigenvalue weighted by Gasteiger charge is 2.21. The molecule has 0 saturated heterocycles. The van der Waals surface area contributed by atoms with Crippen LogP contribution in [0.25, 0.3) is 0 Å². The van der Waals surface area contributed by atoms with Crippen LogP contribution in [0.15, 0.2) is 11.7 Å². The lowest BCUT2D eigenvalue weighted by Gasteiger charge is -2.14. The van der Waals surface area contributed by atoms with E-state index in [0.29, 0.717) is 32.8 Å². The molecule has 0 radical (unpaired) electrons. The van der Waals surface area contributed by atoms with E-state index in [1.807, 2.05) is 0 Å². The van der Waals surface area contributed by atoms with Gasteiger partial charge in [-0.05, 0) is 33.7 Å². The van der Waals surface area contributed by atoms with Crippen LogP contribution in [0.4, 0.5) is 0 Å². The van der Waals surface area contributed by atoms with Crippen molar-refractivity contribution in [2.45, 2.75) is 27.2 Å². The fourth-order valence-corrected chi connectivity index (χ4v) is 1.09. The Morgan fingerprint density at radius 3 is 1.94 bits per heavy atom. The molecule has 0 aliphatic rings. The predicted molar refractivity (Wildman–Crippen MR) is 66.5 cm³/mol. The summed E-state index contributed by atoms with van der Waals surface area (Å²) in [5.74, 6) is -0.556. The van der Waals surface area contributed by atoms with Crippen molar-refractivity contribution >= 4 is 5.97 Å². The standard InChI is InChI=1S/C12H23NO5/c1-4-15-10(11(14)18-9-7-8-13)12(16-5-2)17-6-3/h4-9,13H2,1-3H3. The summed E-state index contributed by atoms with van der Waals surface area (Å²) < 4.78 is 20.7. The van der Waals surface area contributed by atoms with Gasteiger partial charge in [-0.15, -0.1) is 0 Å². The van der Waals surface area contributed by atoms with Crippen LogP contribution in [0.1, 0.15) is 27.2 Å². The lowest BCUT2D eigenvalue weighted by molar-refractivity contribution is -0.144. The Balaban J connectivity index is 4.74. The molecular weight excluding hydrogens is 238 g/mol. The van der Waals surface area contributed by atoms with E-state index < -0.39 is 5.97 Å². The maximum atomic E-state index is 11.8. The predicted octanol–water partition coefficient (Wildman–Crippen LogP) is 1.16. The number of nitrogens with two attached hydrogens (primary N) is 1. The van der Waals surface area contributed by atoms with Gasteiger partial charge in [0.05, 0.1) is 26.4 Å². The molecule has 0 bridgehead atoms.